The molecule has 5 nitrogen and oxygen atoms in total. The number of aromatic nitrogens is 1. The molecule has 1 fully saturated rings. The van der Waals surface area contributed by atoms with Crippen molar-refractivity contribution >= 4 is 44.4 Å². The molecule has 1 aromatic heterocycles. The zero-order valence-corrected chi connectivity index (χ0v) is 12.2. The minimum atomic E-state index is -4.54. The molecule has 0 bridgehead atoms. The number of hydrogen-bond acceptors (Lipinski definition) is 4. The van der Waals surface area contributed by atoms with Crippen LogP contribution >= 0.6 is 22.6 Å². The van der Waals surface area contributed by atoms with E-state index in [4.69, 9.17) is 0 Å². The van der Waals surface area contributed by atoms with E-state index >= 15 is 0 Å². The van der Waals surface area contributed by atoms with Crippen LogP contribution in [0.15, 0.2) is 18.5 Å². The first-order valence-corrected chi connectivity index (χ1v) is 7.82. The van der Waals surface area contributed by atoms with Gasteiger partial charge in [-0.15, -0.1) is 3.89 Å². The van der Waals surface area contributed by atoms with Crippen LogP contribution in [0.4, 0.5) is 9.57 Å². The third-order valence-electron chi connectivity index (χ3n) is 2.68. The van der Waals surface area contributed by atoms with Gasteiger partial charge in [0, 0.05) is 28.7 Å². The molecule has 18 heavy (non-hydrogen) atoms. The fourth-order valence-corrected chi connectivity index (χ4v) is 3.35. The topological polar surface area (TPSA) is 67.3 Å². The normalized spacial score (nSPS) is 20.4. The third-order valence-corrected chi connectivity index (χ3v) is 4.46. The summed E-state index contributed by atoms with van der Waals surface area (Å²) in [5.74, 6) is -1.30. The van der Waals surface area contributed by atoms with Crippen molar-refractivity contribution in [1.29, 1.82) is 0 Å². The lowest BCUT2D eigenvalue weighted by atomic mass is 10.1. The molecular formula is C10H10FIN2O3S. The Bertz CT molecular complexity index is 578. The van der Waals surface area contributed by atoms with Crippen LogP contribution in [0.2, 0.25) is 0 Å². The first-order valence-electron chi connectivity index (χ1n) is 5.19. The van der Waals surface area contributed by atoms with Crippen molar-refractivity contribution < 1.29 is 17.1 Å². The van der Waals surface area contributed by atoms with Crippen molar-refractivity contribution in [2.24, 2.45) is 5.92 Å². The van der Waals surface area contributed by atoms with Gasteiger partial charge in [-0.1, -0.05) is 0 Å². The lowest BCUT2D eigenvalue weighted by Crippen LogP contribution is -2.26. The predicted molar refractivity (Wildman–Crippen MR) is 72.3 cm³/mol. The number of rotatable bonds is 3. The molecule has 0 radical (unpaired) electrons. The van der Waals surface area contributed by atoms with E-state index in [0.717, 1.165) is 3.57 Å². The quantitative estimate of drug-likeness (QED) is 0.583. The molecule has 0 aliphatic carbocycles. The average molecular weight is 384 g/mol. The van der Waals surface area contributed by atoms with Crippen LogP contribution in [0.5, 0.6) is 0 Å². The second-order valence-corrected chi connectivity index (χ2v) is 6.68. The Labute approximate surface area is 118 Å². The molecule has 1 amide bonds. The zero-order chi connectivity index (χ0) is 13.3. The van der Waals surface area contributed by atoms with Crippen molar-refractivity contribution in [2.45, 2.75) is 6.42 Å². The van der Waals surface area contributed by atoms with Crippen LogP contribution in [-0.4, -0.2) is 31.6 Å². The molecule has 2 heterocycles. The minimum absolute atomic E-state index is 0.0497. The smallest absolute Gasteiger partial charge is 0.302 e. The summed E-state index contributed by atoms with van der Waals surface area (Å²) in [4.78, 5) is 17.2. The van der Waals surface area contributed by atoms with E-state index in [-0.39, 0.29) is 18.9 Å². The van der Waals surface area contributed by atoms with Gasteiger partial charge in [0.25, 0.3) is 0 Å². The highest BCUT2D eigenvalue weighted by molar-refractivity contribution is 14.1. The van der Waals surface area contributed by atoms with Gasteiger partial charge in [0.1, 0.15) is 0 Å². The summed E-state index contributed by atoms with van der Waals surface area (Å²) >= 11 is 2.07. The lowest BCUT2D eigenvalue weighted by Gasteiger charge is -2.17. The molecule has 0 saturated carbocycles. The van der Waals surface area contributed by atoms with Gasteiger partial charge in [-0.3, -0.25) is 9.78 Å². The molecular weight excluding hydrogens is 374 g/mol. The molecule has 1 aliphatic rings. The Morgan fingerprint density at radius 2 is 2.28 bits per heavy atom. The maximum Gasteiger partial charge on any atom is 0.302 e. The van der Waals surface area contributed by atoms with E-state index < -0.39 is 21.9 Å². The molecule has 0 aromatic carbocycles. The number of hydrogen-bond donors (Lipinski definition) is 0. The zero-order valence-electron chi connectivity index (χ0n) is 9.21. The van der Waals surface area contributed by atoms with Gasteiger partial charge in [-0.2, -0.15) is 8.42 Å². The van der Waals surface area contributed by atoms with Crippen molar-refractivity contribution in [3.05, 3.63) is 22.0 Å². The molecule has 0 spiro atoms. The van der Waals surface area contributed by atoms with Gasteiger partial charge < -0.3 is 4.90 Å². The van der Waals surface area contributed by atoms with Gasteiger partial charge in [-0.25, -0.2) is 0 Å². The van der Waals surface area contributed by atoms with Crippen LogP contribution in [-0.2, 0) is 15.0 Å². The number of carbonyl (C=O) groups excluding carboxylic acids is 1. The molecule has 0 N–H and O–H groups in total. The molecule has 98 valence electrons. The summed E-state index contributed by atoms with van der Waals surface area (Å²) in [5.41, 5.74) is 0.641. The molecule has 1 aliphatic heterocycles. The van der Waals surface area contributed by atoms with Crippen molar-refractivity contribution in [2.75, 3.05) is 17.2 Å². The van der Waals surface area contributed by atoms with Gasteiger partial charge in [0.2, 0.25) is 5.91 Å². The number of amides is 1. The number of anilines is 1. The molecule has 1 aromatic rings. The van der Waals surface area contributed by atoms with Crippen LogP contribution in [0.1, 0.15) is 6.42 Å². The molecule has 1 saturated heterocycles. The predicted octanol–water partition coefficient (Wildman–Crippen LogP) is 1.34. The van der Waals surface area contributed by atoms with E-state index in [1.54, 1.807) is 18.5 Å². The minimum Gasteiger partial charge on any atom is -0.310 e. The number of halogens is 2. The number of carbonyl (C=O) groups is 1. The summed E-state index contributed by atoms with van der Waals surface area (Å²) in [6, 6.07) is 1.75. The molecule has 2 rings (SSSR count). The van der Waals surface area contributed by atoms with E-state index in [0.29, 0.717) is 5.69 Å². The standard InChI is InChI=1S/C10H10FIN2O3S/c11-18(16,17)6-7-3-10(15)14(5-7)9-4-13-2-1-8(9)12/h1-2,4,7H,3,5-6H2. The lowest BCUT2D eigenvalue weighted by molar-refractivity contribution is -0.117. The monoisotopic (exact) mass is 384 g/mol. The van der Waals surface area contributed by atoms with Crippen LogP contribution < -0.4 is 4.90 Å². The maximum absolute atomic E-state index is 12.6. The first-order chi connectivity index (χ1) is 8.37. The Kier molecular flexibility index (Phi) is 3.85. The summed E-state index contributed by atoms with van der Waals surface area (Å²) in [6.07, 6.45) is 3.20. The fraction of sp³-hybridized carbons (Fsp3) is 0.400. The highest BCUT2D eigenvalue weighted by Gasteiger charge is 2.34. The highest BCUT2D eigenvalue weighted by atomic mass is 127. The number of nitrogens with zero attached hydrogens (tertiary/aromatic N) is 2. The largest absolute Gasteiger partial charge is 0.310 e. The van der Waals surface area contributed by atoms with Crippen molar-refractivity contribution in [3.63, 3.8) is 0 Å². The maximum atomic E-state index is 12.6. The second kappa shape index (κ2) is 5.08. The molecule has 8 heteroatoms. The van der Waals surface area contributed by atoms with Crippen LogP contribution in [0.3, 0.4) is 0 Å². The molecule has 1 unspecified atom stereocenters. The Balaban J connectivity index is 2.18. The second-order valence-electron chi connectivity index (χ2n) is 4.11. The Morgan fingerprint density at radius 1 is 1.56 bits per heavy atom. The van der Waals surface area contributed by atoms with Gasteiger partial charge in [-0.05, 0) is 28.7 Å². The van der Waals surface area contributed by atoms with Crippen molar-refractivity contribution in [3.8, 4) is 0 Å². The highest BCUT2D eigenvalue weighted by Crippen LogP contribution is 2.29. The summed E-state index contributed by atoms with van der Waals surface area (Å²) in [5, 5.41) is 0. The van der Waals surface area contributed by atoms with E-state index in [9.17, 15) is 17.1 Å². The van der Waals surface area contributed by atoms with Crippen LogP contribution in [0, 0.1) is 9.49 Å². The average Bonchev–Trinajstić information content (AvgIpc) is 2.57. The van der Waals surface area contributed by atoms with Gasteiger partial charge in [0.05, 0.1) is 17.6 Å². The Hall–Kier alpha value is -0.770. The Morgan fingerprint density at radius 3 is 2.89 bits per heavy atom. The SMILES string of the molecule is O=C1CC(CS(=O)(=O)F)CN1c1cnccc1I. The molecule has 1 atom stereocenters. The van der Waals surface area contributed by atoms with Gasteiger partial charge >= 0.3 is 10.2 Å². The fourth-order valence-electron chi connectivity index (χ4n) is 1.98. The van der Waals surface area contributed by atoms with E-state index in [1.807, 2.05) is 0 Å². The third kappa shape index (κ3) is 3.16. The first kappa shape index (κ1) is 13.7. The van der Waals surface area contributed by atoms with Crippen molar-refractivity contribution in [1.82, 2.24) is 4.98 Å². The van der Waals surface area contributed by atoms with Gasteiger partial charge in [0.15, 0.2) is 0 Å². The van der Waals surface area contributed by atoms with E-state index in [1.165, 1.54) is 4.90 Å². The van der Waals surface area contributed by atoms with E-state index in [2.05, 4.69) is 27.6 Å². The summed E-state index contributed by atoms with van der Waals surface area (Å²) in [7, 11) is -4.54. The van der Waals surface area contributed by atoms with Crippen LogP contribution in [0.25, 0.3) is 0 Å². The summed E-state index contributed by atoms with van der Waals surface area (Å²) < 4.78 is 34.6. The number of pyridine rings is 1. The summed E-state index contributed by atoms with van der Waals surface area (Å²) in [6.45, 7) is 0.212.